The van der Waals surface area contributed by atoms with Gasteiger partial charge in [-0.25, -0.2) is 4.79 Å². The van der Waals surface area contributed by atoms with Crippen molar-refractivity contribution in [2.45, 2.75) is 117 Å². The predicted molar refractivity (Wildman–Crippen MR) is 141 cm³/mol. The molecule has 1 aromatic rings. The van der Waals surface area contributed by atoms with Gasteiger partial charge in [-0.1, -0.05) is 69.9 Å². The second-order valence-electron chi connectivity index (χ2n) is 12.1. The van der Waals surface area contributed by atoms with Crippen molar-refractivity contribution in [3.63, 3.8) is 0 Å². The smallest absolute Gasteiger partial charge is 0.408 e. The maximum absolute atomic E-state index is 14.2. The number of carbonyl (C=O) groups excluding carboxylic acids is 3. The SMILES string of the molecule is Cc1cccc(C(C(=O)NC2CCCCC2)N(C(=O)C(NC(=O)OC(C)(C)C)C(C)C)C2CC2C)c1. The average molecular weight is 500 g/mol. The Kier molecular flexibility index (Phi) is 9.07. The fourth-order valence-corrected chi connectivity index (χ4v) is 5.09. The standard InChI is InChI=1S/C29H45N3O4/c1-18(2)24(31-28(35)36-29(5,6)7)27(34)32(23-17-20(23)4)25(21-13-11-12-19(3)16-21)26(33)30-22-14-9-8-10-15-22/h11-13,16,18,20,22-25H,8-10,14-15,17H2,1-7H3,(H,30,33)(H,31,35). The van der Waals surface area contributed by atoms with Crippen LogP contribution in [0.15, 0.2) is 24.3 Å². The Hall–Kier alpha value is -2.57. The van der Waals surface area contributed by atoms with E-state index in [9.17, 15) is 14.4 Å². The van der Waals surface area contributed by atoms with Crippen LogP contribution < -0.4 is 10.6 Å². The number of ether oxygens (including phenoxy) is 1. The second-order valence-corrected chi connectivity index (χ2v) is 12.1. The largest absolute Gasteiger partial charge is 0.444 e. The maximum Gasteiger partial charge on any atom is 0.408 e. The van der Waals surface area contributed by atoms with E-state index in [1.807, 2.05) is 45.0 Å². The number of nitrogens with zero attached hydrogens (tertiary/aromatic N) is 1. The van der Waals surface area contributed by atoms with Crippen molar-refractivity contribution in [2.75, 3.05) is 0 Å². The summed E-state index contributed by atoms with van der Waals surface area (Å²) in [4.78, 5) is 42.5. The number of alkyl carbamates (subject to hydrolysis) is 1. The molecule has 0 spiro atoms. The lowest BCUT2D eigenvalue weighted by atomic mass is 9.94. The van der Waals surface area contributed by atoms with Crippen molar-refractivity contribution in [2.24, 2.45) is 11.8 Å². The number of aryl methyl sites for hydroxylation is 1. The van der Waals surface area contributed by atoms with E-state index in [0.717, 1.165) is 43.2 Å². The van der Waals surface area contributed by atoms with Crippen LogP contribution in [0.4, 0.5) is 4.79 Å². The Balaban J connectivity index is 1.95. The number of hydrogen-bond donors (Lipinski definition) is 2. The summed E-state index contributed by atoms with van der Waals surface area (Å²) in [7, 11) is 0. The fraction of sp³-hybridized carbons (Fsp3) is 0.690. The van der Waals surface area contributed by atoms with E-state index in [1.54, 1.807) is 25.7 Å². The highest BCUT2D eigenvalue weighted by Crippen LogP contribution is 2.41. The quantitative estimate of drug-likeness (QED) is 0.510. The first-order chi connectivity index (χ1) is 16.9. The van der Waals surface area contributed by atoms with Crippen LogP contribution in [0.1, 0.15) is 97.2 Å². The Morgan fingerprint density at radius 2 is 1.72 bits per heavy atom. The molecule has 0 aromatic heterocycles. The summed E-state index contributed by atoms with van der Waals surface area (Å²) in [6.07, 6.45) is 5.56. The molecule has 2 aliphatic rings. The molecule has 2 aliphatic carbocycles. The van der Waals surface area contributed by atoms with Gasteiger partial charge in [0, 0.05) is 12.1 Å². The maximum atomic E-state index is 14.2. The van der Waals surface area contributed by atoms with Gasteiger partial charge in [-0.15, -0.1) is 0 Å². The molecule has 2 saturated carbocycles. The zero-order valence-electron chi connectivity index (χ0n) is 23.1. The molecule has 2 N–H and O–H groups in total. The molecule has 3 amide bonds. The minimum Gasteiger partial charge on any atom is -0.444 e. The van der Waals surface area contributed by atoms with Gasteiger partial charge >= 0.3 is 6.09 Å². The van der Waals surface area contributed by atoms with Crippen LogP contribution in [0.25, 0.3) is 0 Å². The molecule has 7 nitrogen and oxygen atoms in total. The third-order valence-electron chi connectivity index (χ3n) is 7.12. The molecule has 1 aromatic carbocycles. The van der Waals surface area contributed by atoms with Crippen molar-refractivity contribution < 1.29 is 19.1 Å². The molecule has 3 rings (SSSR count). The van der Waals surface area contributed by atoms with Crippen molar-refractivity contribution in [3.8, 4) is 0 Å². The zero-order valence-corrected chi connectivity index (χ0v) is 23.1. The number of hydrogen-bond acceptors (Lipinski definition) is 4. The third-order valence-corrected chi connectivity index (χ3v) is 7.12. The highest BCUT2D eigenvalue weighted by molar-refractivity contribution is 5.93. The summed E-state index contributed by atoms with van der Waals surface area (Å²) in [5.41, 5.74) is 1.16. The van der Waals surface area contributed by atoms with Crippen molar-refractivity contribution in [1.82, 2.24) is 15.5 Å². The molecule has 0 saturated heterocycles. The molecule has 2 fully saturated rings. The van der Waals surface area contributed by atoms with Crippen molar-refractivity contribution >= 4 is 17.9 Å². The molecule has 36 heavy (non-hydrogen) atoms. The molecule has 0 radical (unpaired) electrons. The Morgan fingerprint density at radius 3 is 2.25 bits per heavy atom. The first-order valence-corrected chi connectivity index (χ1v) is 13.6. The van der Waals surface area contributed by atoms with Gasteiger partial charge in [0.25, 0.3) is 0 Å². The van der Waals surface area contributed by atoms with Gasteiger partial charge in [0.15, 0.2) is 0 Å². The Morgan fingerprint density at radius 1 is 1.08 bits per heavy atom. The molecular formula is C29H45N3O4. The van der Waals surface area contributed by atoms with E-state index in [0.29, 0.717) is 0 Å². The summed E-state index contributed by atoms with van der Waals surface area (Å²) >= 11 is 0. The molecule has 4 atom stereocenters. The zero-order chi connectivity index (χ0) is 26.6. The topological polar surface area (TPSA) is 87.7 Å². The molecule has 0 heterocycles. The summed E-state index contributed by atoms with van der Waals surface area (Å²) in [6.45, 7) is 13.3. The van der Waals surface area contributed by atoms with Crippen LogP contribution in [0, 0.1) is 18.8 Å². The lowest BCUT2D eigenvalue weighted by Crippen LogP contribution is -2.56. The summed E-state index contributed by atoms with van der Waals surface area (Å²) in [5.74, 6) is -0.269. The van der Waals surface area contributed by atoms with Crippen LogP contribution in [0.3, 0.4) is 0 Å². The minimum absolute atomic E-state index is 0.0539. The van der Waals surface area contributed by atoms with Gasteiger partial charge in [0.1, 0.15) is 17.7 Å². The van der Waals surface area contributed by atoms with Crippen molar-refractivity contribution in [1.29, 1.82) is 0 Å². The van der Waals surface area contributed by atoms with Gasteiger partial charge < -0.3 is 20.3 Å². The van der Waals surface area contributed by atoms with E-state index < -0.39 is 23.8 Å². The van der Waals surface area contributed by atoms with Gasteiger partial charge in [-0.2, -0.15) is 0 Å². The van der Waals surface area contributed by atoms with Gasteiger partial charge in [0.2, 0.25) is 11.8 Å². The normalized spacial score (nSPS) is 21.9. The van der Waals surface area contributed by atoms with Crippen LogP contribution in [-0.4, -0.2) is 46.5 Å². The lowest BCUT2D eigenvalue weighted by molar-refractivity contribution is -0.144. The summed E-state index contributed by atoms with van der Waals surface area (Å²) in [6, 6.07) is 6.37. The number of nitrogens with one attached hydrogen (secondary N) is 2. The summed E-state index contributed by atoms with van der Waals surface area (Å²) in [5, 5.41) is 6.07. The number of rotatable bonds is 8. The number of amides is 3. The molecule has 4 unspecified atom stereocenters. The molecular weight excluding hydrogens is 454 g/mol. The average Bonchev–Trinajstić information content (AvgIpc) is 3.50. The van der Waals surface area contributed by atoms with E-state index in [-0.39, 0.29) is 35.7 Å². The van der Waals surface area contributed by atoms with Crippen LogP contribution in [0.5, 0.6) is 0 Å². The lowest BCUT2D eigenvalue weighted by Gasteiger charge is -2.37. The van der Waals surface area contributed by atoms with E-state index in [1.165, 1.54) is 6.42 Å². The third kappa shape index (κ3) is 7.47. The Bertz CT molecular complexity index is 933. The monoisotopic (exact) mass is 499 g/mol. The van der Waals surface area contributed by atoms with Gasteiger partial charge in [-0.3, -0.25) is 9.59 Å². The highest BCUT2D eigenvalue weighted by Gasteiger charge is 2.48. The van der Waals surface area contributed by atoms with Gasteiger partial charge in [0.05, 0.1) is 0 Å². The number of carbonyl (C=O) groups is 3. The summed E-state index contributed by atoms with van der Waals surface area (Å²) < 4.78 is 5.45. The molecule has 0 bridgehead atoms. The van der Waals surface area contributed by atoms with E-state index >= 15 is 0 Å². The van der Waals surface area contributed by atoms with Crippen molar-refractivity contribution in [3.05, 3.63) is 35.4 Å². The van der Waals surface area contributed by atoms with Crippen LogP contribution in [0.2, 0.25) is 0 Å². The minimum atomic E-state index is -0.803. The second kappa shape index (κ2) is 11.7. The highest BCUT2D eigenvalue weighted by atomic mass is 16.6. The molecule has 7 heteroatoms. The fourth-order valence-electron chi connectivity index (χ4n) is 5.09. The predicted octanol–water partition coefficient (Wildman–Crippen LogP) is 5.27. The van der Waals surface area contributed by atoms with Crippen LogP contribution >= 0.6 is 0 Å². The molecule has 0 aliphatic heterocycles. The molecule has 200 valence electrons. The first-order valence-electron chi connectivity index (χ1n) is 13.6. The van der Waals surface area contributed by atoms with E-state index in [4.69, 9.17) is 4.74 Å². The van der Waals surface area contributed by atoms with Crippen LogP contribution in [-0.2, 0) is 14.3 Å². The first kappa shape index (κ1) is 28.0. The Labute approximate surface area is 216 Å². The number of benzene rings is 1. The van der Waals surface area contributed by atoms with Gasteiger partial charge in [-0.05, 0) is 64.4 Å². The van der Waals surface area contributed by atoms with E-state index in [2.05, 4.69) is 17.6 Å².